The minimum Gasteiger partial charge on any atom is -0.286 e. The standard InChI is InChI=1S/C5H9NO2/c1-4-2-5(7)6(8)3-4/h4,8H,2-3H2,1H3. The van der Waals surface area contributed by atoms with E-state index in [2.05, 4.69) is 0 Å². The number of hydrogen-bond donors (Lipinski definition) is 1. The van der Waals surface area contributed by atoms with Gasteiger partial charge in [0.2, 0.25) is 5.91 Å². The molecule has 1 rings (SSSR count). The molecule has 8 heavy (non-hydrogen) atoms. The van der Waals surface area contributed by atoms with Crippen LogP contribution in [0.3, 0.4) is 0 Å². The predicted molar refractivity (Wildman–Crippen MR) is 27.3 cm³/mol. The maximum absolute atomic E-state index is 10.5. The van der Waals surface area contributed by atoms with E-state index in [0.717, 1.165) is 5.06 Å². The second-order valence-electron chi connectivity index (χ2n) is 2.29. The zero-order valence-corrected chi connectivity index (χ0v) is 4.79. The molecule has 1 amide bonds. The van der Waals surface area contributed by atoms with Gasteiger partial charge in [-0.25, -0.2) is 5.06 Å². The van der Waals surface area contributed by atoms with Gasteiger partial charge in [0, 0.05) is 6.42 Å². The van der Waals surface area contributed by atoms with Crippen molar-refractivity contribution in [1.29, 1.82) is 0 Å². The summed E-state index contributed by atoms with van der Waals surface area (Å²) in [6.45, 7) is 2.44. The van der Waals surface area contributed by atoms with Gasteiger partial charge in [0.05, 0.1) is 6.54 Å². The summed E-state index contributed by atoms with van der Waals surface area (Å²) in [5, 5.41) is 9.43. The normalized spacial score (nSPS) is 29.5. The molecular weight excluding hydrogens is 106 g/mol. The summed E-state index contributed by atoms with van der Waals surface area (Å²) in [7, 11) is 0. The summed E-state index contributed by atoms with van der Waals surface area (Å²) in [5.41, 5.74) is 0. The fourth-order valence-corrected chi connectivity index (χ4v) is 0.865. The molecule has 0 aliphatic carbocycles. The third-order valence-electron chi connectivity index (χ3n) is 1.30. The maximum atomic E-state index is 10.5. The molecule has 1 aliphatic rings. The number of carbonyl (C=O) groups is 1. The van der Waals surface area contributed by atoms with Crippen LogP contribution in [0, 0.1) is 5.92 Å². The molecule has 1 fully saturated rings. The Morgan fingerprint density at radius 3 is 2.62 bits per heavy atom. The van der Waals surface area contributed by atoms with Crippen LogP contribution in [-0.2, 0) is 4.79 Å². The highest BCUT2D eigenvalue weighted by Gasteiger charge is 2.24. The fourth-order valence-electron chi connectivity index (χ4n) is 0.865. The Hall–Kier alpha value is -0.570. The number of nitrogens with zero attached hydrogens (tertiary/aromatic N) is 1. The van der Waals surface area contributed by atoms with Crippen molar-refractivity contribution < 1.29 is 10.0 Å². The second-order valence-corrected chi connectivity index (χ2v) is 2.29. The van der Waals surface area contributed by atoms with Crippen LogP contribution in [0.15, 0.2) is 0 Å². The molecule has 1 N–H and O–H groups in total. The smallest absolute Gasteiger partial charge is 0.246 e. The zero-order chi connectivity index (χ0) is 6.15. The van der Waals surface area contributed by atoms with Crippen LogP contribution in [-0.4, -0.2) is 22.7 Å². The molecule has 1 heterocycles. The van der Waals surface area contributed by atoms with Crippen molar-refractivity contribution in [3.63, 3.8) is 0 Å². The van der Waals surface area contributed by atoms with Crippen LogP contribution in [0.25, 0.3) is 0 Å². The predicted octanol–water partition coefficient (Wildman–Crippen LogP) is 0.244. The first-order valence-electron chi connectivity index (χ1n) is 2.69. The van der Waals surface area contributed by atoms with Gasteiger partial charge >= 0.3 is 0 Å². The van der Waals surface area contributed by atoms with E-state index in [9.17, 15) is 4.79 Å². The van der Waals surface area contributed by atoms with Crippen LogP contribution < -0.4 is 0 Å². The van der Waals surface area contributed by atoms with E-state index in [1.807, 2.05) is 6.92 Å². The SMILES string of the molecule is CC1CC(=O)N(O)C1. The number of carbonyl (C=O) groups excluding carboxylic acids is 1. The van der Waals surface area contributed by atoms with Crippen LogP contribution in [0.5, 0.6) is 0 Å². The number of rotatable bonds is 0. The van der Waals surface area contributed by atoms with Crippen molar-refractivity contribution in [3.05, 3.63) is 0 Å². The van der Waals surface area contributed by atoms with Crippen molar-refractivity contribution in [2.75, 3.05) is 6.54 Å². The average molecular weight is 115 g/mol. The molecule has 0 aromatic heterocycles. The van der Waals surface area contributed by atoms with Crippen molar-refractivity contribution in [2.24, 2.45) is 5.92 Å². The second kappa shape index (κ2) is 1.74. The number of amides is 1. The van der Waals surface area contributed by atoms with E-state index >= 15 is 0 Å². The zero-order valence-electron chi connectivity index (χ0n) is 4.79. The molecule has 0 bridgehead atoms. The fraction of sp³-hybridized carbons (Fsp3) is 0.800. The third kappa shape index (κ3) is 0.816. The van der Waals surface area contributed by atoms with Crippen molar-refractivity contribution in [2.45, 2.75) is 13.3 Å². The van der Waals surface area contributed by atoms with E-state index in [0.29, 0.717) is 18.9 Å². The van der Waals surface area contributed by atoms with Gasteiger partial charge in [-0.05, 0) is 5.92 Å². The Morgan fingerprint density at radius 1 is 1.88 bits per heavy atom. The van der Waals surface area contributed by atoms with Gasteiger partial charge in [-0.15, -0.1) is 0 Å². The monoisotopic (exact) mass is 115 g/mol. The first kappa shape index (κ1) is 5.56. The van der Waals surface area contributed by atoms with E-state index < -0.39 is 0 Å². The summed E-state index contributed by atoms with van der Waals surface area (Å²) < 4.78 is 0. The topological polar surface area (TPSA) is 40.5 Å². The lowest BCUT2D eigenvalue weighted by atomic mass is 10.2. The Bertz CT molecular complexity index is 113. The van der Waals surface area contributed by atoms with Crippen LogP contribution >= 0.6 is 0 Å². The van der Waals surface area contributed by atoms with Gasteiger partial charge in [0.25, 0.3) is 0 Å². The molecule has 3 nitrogen and oxygen atoms in total. The van der Waals surface area contributed by atoms with Gasteiger partial charge in [0.1, 0.15) is 0 Å². The summed E-state index contributed by atoms with van der Waals surface area (Å²) >= 11 is 0. The molecule has 0 aromatic carbocycles. The maximum Gasteiger partial charge on any atom is 0.246 e. The minimum absolute atomic E-state index is 0.155. The van der Waals surface area contributed by atoms with Gasteiger partial charge < -0.3 is 0 Å². The number of hydroxylamine groups is 2. The van der Waals surface area contributed by atoms with Crippen molar-refractivity contribution in [3.8, 4) is 0 Å². The molecule has 1 saturated heterocycles. The van der Waals surface area contributed by atoms with Gasteiger partial charge in [-0.2, -0.15) is 0 Å². The van der Waals surface area contributed by atoms with Crippen molar-refractivity contribution >= 4 is 5.91 Å². The Kier molecular flexibility index (Phi) is 1.21. The van der Waals surface area contributed by atoms with E-state index in [4.69, 9.17) is 5.21 Å². The summed E-state index contributed by atoms with van der Waals surface area (Å²) in [5.74, 6) is 0.171. The molecule has 3 heteroatoms. The van der Waals surface area contributed by atoms with Gasteiger partial charge in [0.15, 0.2) is 0 Å². The lowest BCUT2D eigenvalue weighted by molar-refractivity contribution is -0.157. The largest absolute Gasteiger partial charge is 0.286 e. The first-order chi connectivity index (χ1) is 3.70. The molecule has 0 aromatic rings. The van der Waals surface area contributed by atoms with E-state index in [-0.39, 0.29) is 5.91 Å². The molecule has 0 saturated carbocycles. The summed E-state index contributed by atoms with van der Waals surface area (Å²) in [6, 6.07) is 0. The van der Waals surface area contributed by atoms with Crippen LogP contribution in [0.2, 0.25) is 0 Å². The van der Waals surface area contributed by atoms with E-state index in [1.165, 1.54) is 0 Å². The Morgan fingerprint density at radius 2 is 2.50 bits per heavy atom. The number of hydrogen-bond acceptors (Lipinski definition) is 2. The minimum atomic E-state index is -0.155. The molecular formula is C5H9NO2. The van der Waals surface area contributed by atoms with Gasteiger partial charge in [-0.3, -0.25) is 10.0 Å². The Balaban J connectivity index is 2.51. The summed E-state index contributed by atoms with van der Waals surface area (Å²) in [6.07, 6.45) is 0.497. The molecule has 1 atom stereocenters. The van der Waals surface area contributed by atoms with Gasteiger partial charge in [-0.1, -0.05) is 6.92 Å². The van der Waals surface area contributed by atoms with Crippen molar-refractivity contribution in [1.82, 2.24) is 5.06 Å². The van der Waals surface area contributed by atoms with Crippen LogP contribution in [0.4, 0.5) is 0 Å². The molecule has 46 valence electrons. The van der Waals surface area contributed by atoms with E-state index in [1.54, 1.807) is 0 Å². The molecule has 1 unspecified atom stereocenters. The lowest BCUT2D eigenvalue weighted by Crippen LogP contribution is -2.19. The Labute approximate surface area is 47.9 Å². The highest BCUT2D eigenvalue weighted by Crippen LogP contribution is 2.13. The first-order valence-corrected chi connectivity index (χ1v) is 2.69. The molecule has 0 spiro atoms. The van der Waals surface area contributed by atoms with Crippen LogP contribution in [0.1, 0.15) is 13.3 Å². The molecule has 0 radical (unpaired) electrons. The summed E-state index contributed by atoms with van der Waals surface area (Å²) in [4.78, 5) is 10.5. The highest BCUT2D eigenvalue weighted by molar-refractivity contribution is 5.77. The molecule has 1 aliphatic heterocycles. The third-order valence-corrected chi connectivity index (χ3v) is 1.30. The average Bonchev–Trinajstić information content (AvgIpc) is 1.85. The lowest BCUT2D eigenvalue weighted by Gasteiger charge is -2.02. The highest BCUT2D eigenvalue weighted by atomic mass is 16.5. The quantitative estimate of drug-likeness (QED) is 0.459.